The standard InChI is InChI=1S/C33H33N3O7/c1-22(9-4-5-18-37)33(41)26-20-25(35-17-8-13-29(43-3)31(35)39)14-15-27(26)36(32(33)40)21-23-10-6-11-24(19-23)34-16-7-12-28(42-2)30(34)38/h4,6-17,19-20,22,37,41H,5,18,21H2,1-3H3/b9-4+/t22-,33+/m0/s1. The van der Waals surface area contributed by atoms with Gasteiger partial charge in [-0.3, -0.25) is 23.5 Å². The van der Waals surface area contributed by atoms with E-state index < -0.39 is 17.4 Å². The third kappa shape index (κ3) is 5.26. The molecule has 0 fully saturated rings. The normalized spacial score (nSPS) is 16.9. The van der Waals surface area contributed by atoms with E-state index in [-0.39, 0.29) is 35.8 Å². The lowest BCUT2D eigenvalue weighted by atomic mass is 9.82. The number of carbonyl (C=O) groups excluding carboxylic acids is 1. The molecule has 1 amide bonds. The third-order valence-corrected chi connectivity index (χ3v) is 7.70. The zero-order chi connectivity index (χ0) is 30.7. The maximum absolute atomic E-state index is 14.1. The van der Waals surface area contributed by atoms with Crippen LogP contribution in [-0.2, 0) is 16.9 Å². The highest BCUT2D eigenvalue weighted by Crippen LogP contribution is 2.46. The largest absolute Gasteiger partial charge is 0.491 e. The van der Waals surface area contributed by atoms with Crippen molar-refractivity contribution < 1.29 is 24.5 Å². The van der Waals surface area contributed by atoms with Gasteiger partial charge in [0.25, 0.3) is 17.0 Å². The number of aliphatic hydroxyl groups is 2. The number of amides is 1. The van der Waals surface area contributed by atoms with Crippen LogP contribution in [0.15, 0.2) is 101 Å². The van der Waals surface area contributed by atoms with Crippen molar-refractivity contribution in [3.63, 3.8) is 0 Å². The number of pyridine rings is 2. The van der Waals surface area contributed by atoms with Crippen LogP contribution in [0.4, 0.5) is 5.69 Å². The third-order valence-electron chi connectivity index (χ3n) is 7.70. The molecule has 4 aromatic rings. The molecular weight excluding hydrogens is 550 g/mol. The molecule has 5 rings (SSSR count). The van der Waals surface area contributed by atoms with Gasteiger partial charge >= 0.3 is 0 Å². The van der Waals surface area contributed by atoms with Gasteiger partial charge in [-0.2, -0.15) is 0 Å². The number of aliphatic hydroxyl groups excluding tert-OH is 1. The summed E-state index contributed by atoms with van der Waals surface area (Å²) in [5.41, 5.74) is -0.00513. The van der Waals surface area contributed by atoms with Crippen LogP contribution in [0, 0.1) is 5.92 Å². The van der Waals surface area contributed by atoms with Crippen molar-refractivity contribution in [2.24, 2.45) is 5.92 Å². The van der Waals surface area contributed by atoms with Crippen LogP contribution in [0.5, 0.6) is 11.5 Å². The summed E-state index contributed by atoms with van der Waals surface area (Å²) < 4.78 is 13.2. The molecule has 0 unspecified atom stereocenters. The van der Waals surface area contributed by atoms with E-state index in [0.717, 1.165) is 5.56 Å². The molecule has 222 valence electrons. The number of fused-ring (bicyclic) bond motifs is 1. The summed E-state index contributed by atoms with van der Waals surface area (Å²) >= 11 is 0. The first-order chi connectivity index (χ1) is 20.7. The van der Waals surface area contributed by atoms with Crippen molar-refractivity contribution in [1.82, 2.24) is 9.13 Å². The Morgan fingerprint density at radius 3 is 2.09 bits per heavy atom. The first-order valence-electron chi connectivity index (χ1n) is 13.8. The Morgan fingerprint density at radius 1 is 0.860 bits per heavy atom. The second-order valence-corrected chi connectivity index (χ2v) is 10.3. The number of hydrogen-bond acceptors (Lipinski definition) is 7. The average Bonchev–Trinajstić information content (AvgIpc) is 3.23. The predicted molar refractivity (Wildman–Crippen MR) is 162 cm³/mol. The second kappa shape index (κ2) is 12.1. The van der Waals surface area contributed by atoms with Crippen molar-refractivity contribution in [2.45, 2.75) is 25.5 Å². The van der Waals surface area contributed by atoms with Gasteiger partial charge in [0.15, 0.2) is 17.1 Å². The number of nitrogens with zero attached hydrogens (tertiary/aromatic N) is 3. The molecule has 10 heteroatoms. The molecule has 0 aliphatic carbocycles. The van der Waals surface area contributed by atoms with Gasteiger partial charge < -0.3 is 24.6 Å². The van der Waals surface area contributed by atoms with Crippen LogP contribution in [0.1, 0.15) is 24.5 Å². The summed E-state index contributed by atoms with van der Waals surface area (Å²) in [7, 11) is 2.85. The summed E-state index contributed by atoms with van der Waals surface area (Å²) in [5.74, 6) is -0.820. The van der Waals surface area contributed by atoms with Crippen molar-refractivity contribution in [1.29, 1.82) is 0 Å². The van der Waals surface area contributed by atoms with E-state index in [9.17, 15) is 24.6 Å². The van der Waals surface area contributed by atoms with E-state index in [4.69, 9.17) is 9.47 Å². The summed E-state index contributed by atoms with van der Waals surface area (Å²) in [6.45, 7) is 1.79. The Bertz CT molecular complexity index is 1810. The van der Waals surface area contributed by atoms with Gasteiger partial charge in [-0.25, -0.2) is 0 Å². The molecule has 0 bridgehead atoms. The number of rotatable bonds is 10. The second-order valence-electron chi connectivity index (χ2n) is 10.3. The topological polar surface area (TPSA) is 123 Å². The van der Waals surface area contributed by atoms with Gasteiger partial charge in [0.2, 0.25) is 0 Å². The van der Waals surface area contributed by atoms with Crippen LogP contribution < -0.4 is 25.5 Å². The minimum Gasteiger partial charge on any atom is -0.491 e. The minimum absolute atomic E-state index is 0.0616. The fourth-order valence-corrected chi connectivity index (χ4v) is 5.41. The van der Waals surface area contributed by atoms with Crippen molar-refractivity contribution >= 4 is 11.6 Å². The summed E-state index contributed by atoms with van der Waals surface area (Å²) in [6, 6.07) is 18.8. The van der Waals surface area contributed by atoms with E-state index >= 15 is 0 Å². The quantitative estimate of drug-likeness (QED) is 0.275. The van der Waals surface area contributed by atoms with Crippen LogP contribution in [0.25, 0.3) is 11.4 Å². The highest BCUT2D eigenvalue weighted by atomic mass is 16.5. The molecule has 0 saturated heterocycles. The molecule has 2 aromatic carbocycles. The maximum atomic E-state index is 14.1. The molecule has 10 nitrogen and oxygen atoms in total. The Kier molecular flexibility index (Phi) is 8.33. The van der Waals surface area contributed by atoms with Gasteiger partial charge in [-0.1, -0.05) is 31.2 Å². The molecule has 0 saturated carbocycles. The molecule has 0 spiro atoms. The number of benzene rings is 2. The zero-order valence-corrected chi connectivity index (χ0v) is 24.1. The SMILES string of the molecule is COc1cccn(-c2cccc(CN3C(=O)[C@@](O)([C@@H](C)/C=C/CCO)c4cc(-n5cccc(OC)c5=O)ccc43)c2)c1=O. The van der Waals surface area contributed by atoms with Crippen LogP contribution in [0.3, 0.4) is 0 Å². The predicted octanol–water partition coefficient (Wildman–Crippen LogP) is 3.31. The molecule has 3 heterocycles. The lowest BCUT2D eigenvalue weighted by molar-refractivity contribution is -0.139. The van der Waals surface area contributed by atoms with Crippen molar-refractivity contribution in [2.75, 3.05) is 25.7 Å². The minimum atomic E-state index is -1.94. The first-order valence-corrected chi connectivity index (χ1v) is 13.8. The van der Waals surface area contributed by atoms with E-state index in [2.05, 4.69) is 0 Å². The Labute approximate surface area is 248 Å². The van der Waals surface area contributed by atoms with Crippen molar-refractivity contribution in [3.05, 3.63) is 123 Å². The fraction of sp³-hybridized carbons (Fsp3) is 0.242. The summed E-state index contributed by atoms with van der Waals surface area (Å²) in [4.78, 5) is 41.4. The number of hydrogen-bond donors (Lipinski definition) is 2. The molecule has 43 heavy (non-hydrogen) atoms. The van der Waals surface area contributed by atoms with Gasteiger partial charge in [-0.15, -0.1) is 0 Å². The first kappa shape index (κ1) is 29.6. The Balaban J connectivity index is 1.59. The lowest BCUT2D eigenvalue weighted by Gasteiger charge is -2.28. The molecule has 2 atom stereocenters. The molecule has 2 N–H and O–H groups in total. The van der Waals surface area contributed by atoms with Gasteiger partial charge in [0.1, 0.15) is 0 Å². The number of carbonyl (C=O) groups is 1. The van der Waals surface area contributed by atoms with E-state index in [1.54, 1.807) is 92.1 Å². The van der Waals surface area contributed by atoms with E-state index in [1.807, 2.05) is 6.07 Å². The highest BCUT2D eigenvalue weighted by molar-refractivity contribution is 6.07. The molecule has 2 aromatic heterocycles. The number of methoxy groups -OCH3 is 2. The molecule has 1 aliphatic heterocycles. The van der Waals surface area contributed by atoms with Crippen LogP contribution in [-0.4, -0.2) is 46.1 Å². The van der Waals surface area contributed by atoms with Crippen LogP contribution in [0.2, 0.25) is 0 Å². The smallest absolute Gasteiger partial charge is 0.297 e. The number of anilines is 1. The lowest BCUT2D eigenvalue weighted by Crippen LogP contribution is -2.44. The monoisotopic (exact) mass is 583 g/mol. The maximum Gasteiger partial charge on any atom is 0.297 e. The Morgan fingerprint density at radius 2 is 1.49 bits per heavy atom. The molecule has 0 radical (unpaired) electrons. The van der Waals surface area contributed by atoms with E-state index in [0.29, 0.717) is 29.0 Å². The van der Waals surface area contributed by atoms with Gasteiger partial charge in [-0.05, 0) is 66.6 Å². The Hall–Kier alpha value is -4.93. The molecular formula is C33H33N3O7. The fourth-order valence-electron chi connectivity index (χ4n) is 5.41. The summed E-state index contributed by atoms with van der Waals surface area (Å²) in [5, 5.41) is 21.4. The van der Waals surface area contributed by atoms with Gasteiger partial charge in [0.05, 0.1) is 26.5 Å². The highest BCUT2D eigenvalue weighted by Gasteiger charge is 2.52. The number of aromatic nitrogens is 2. The number of ether oxygens (including phenoxy) is 2. The van der Waals surface area contributed by atoms with E-state index in [1.165, 1.54) is 28.3 Å². The van der Waals surface area contributed by atoms with Crippen molar-refractivity contribution in [3.8, 4) is 22.9 Å². The molecule has 1 aliphatic rings. The van der Waals surface area contributed by atoms with Crippen LogP contribution >= 0.6 is 0 Å². The summed E-state index contributed by atoms with van der Waals surface area (Å²) in [6.07, 6.45) is 7.05. The average molecular weight is 584 g/mol. The zero-order valence-electron chi connectivity index (χ0n) is 24.1. The van der Waals surface area contributed by atoms with Gasteiger partial charge in [0, 0.05) is 41.9 Å².